The number of nitrogens with zero attached hydrogens (tertiary/aromatic N) is 4. The van der Waals surface area contributed by atoms with Crippen LogP contribution in [0.15, 0.2) is 36.4 Å². The van der Waals surface area contributed by atoms with Gasteiger partial charge in [0.2, 0.25) is 5.91 Å². The van der Waals surface area contributed by atoms with Crippen molar-refractivity contribution in [3.8, 4) is 0 Å². The Labute approximate surface area is 201 Å². The molecule has 2 amide bonds. The van der Waals surface area contributed by atoms with E-state index in [9.17, 15) is 9.59 Å². The van der Waals surface area contributed by atoms with Gasteiger partial charge in [0.05, 0.1) is 12.3 Å². The Morgan fingerprint density at radius 2 is 1.94 bits per heavy atom. The molecule has 1 atom stereocenters. The van der Waals surface area contributed by atoms with E-state index >= 15 is 0 Å². The number of likely N-dealkylation sites (tertiary alicyclic amines) is 1. The van der Waals surface area contributed by atoms with E-state index in [1.54, 1.807) is 19.1 Å². The van der Waals surface area contributed by atoms with E-state index in [0.29, 0.717) is 24.5 Å². The van der Waals surface area contributed by atoms with Crippen LogP contribution in [-0.2, 0) is 9.53 Å². The third kappa shape index (κ3) is 5.15. The van der Waals surface area contributed by atoms with Gasteiger partial charge in [-0.1, -0.05) is 6.07 Å². The van der Waals surface area contributed by atoms with Gasteiger partial charge in [0.15, 0.2) is 5.82 Å². The summed E-state index contributed by atoms with van der Waals surface area (Å²) >= 11 is 0. The molecule has 34 heavy (non-hydrogen) atoms. The number of piperidine rings is 1. The van der Waals surface area contributed by atoms with E-state index in [0.717, 1.165) is 43.1 Å². The fourth-order valence-corrected chi connectivity index (χ4v) is 4.50. The van der Waals surface area contributed by atoms with Crippen molar-refractivity contribution in [2.45, 2.75) is 31.8 Å². The highest BCUT2D eigenvalue weighted by molar-refractivity contribution is 6.04. The number of carbonyl (C=O) groups is 2. The molecular formula is C25H34N6O3. The average molecular weight is 467 g/mol. The summed E-state index contributed by atoms with van der Waals surface area (Å²) in [7, 11) is 5.52. The zero-order valence-electron chi connectivity index (χ0n) is 20.4. The largest absolute Gasteiger partial charge is 0.383 e. The molecule has 0 radical (unpaired) electrons. The van der Waals surface area contributed by atoms with Crippen LogP contribution in [0.2, 0.25) is 0 Å². The van der Waals surface area contributed by atoms with Gasteiger partial charge in [-0.25, -0.2) is 4.98 Å². The Morgan fingerprint density at radius 1 is 1.18 bits per heavy atom. The molecule has 4 rings (SSSR count). The van der Waals surface area contributed by atoms with E-state index in [1.165, 1.54) is 0 Å². The lowest BCUT2D eigenvalue weighted by Crippen LogP contribution is -2.52. The Hall–Kier alpha value is -3.17. The van der Waals surface area contributed by atoms with Crippen molar-refractivity contribution in [1.29, 1.82) is 0 Å². The average Bonchev–Trinajstić information content (AvgIpc) is 2.84. The summed E-state index contributed by atoms with van der Waals surface area (Å²) in [6, 6.07) is 11.1. The highest BCUT2D eigenvalue weighted by Gasteiger charge is 2.34. The third-order valence-corrected chi connectivity index (χ3v) is 6.63. The van der Waals surface area contributed by atoms with Crippen LogP contribution in [-0.4, -0.2) is 81.2 Å². The van der Waals surface area contributed by atoms with Crippen molar-refractivity contribution in [3.63, 3.8) is 0 Å². The Kier molecular flexibility index (Phi) is 7.33. The quantitative estimate of drug-likeness (QED) is 0.648. The van der Waals surface area contributed by atoms with Gasteiger partial charge >= 0.3 is 0 Å². The van der Waals surface area contributed by atoms with Gasteiger partial charge in [0.25, 0.3) is 5.91 Å². The number of methoxy groups -OCH3 is 1. The predicted octanol–water partition coefficient (Wildman–Crippen LogP) is 2.47. The minimum atomic E-state index is -0.331. The summed E-state index contributed by atoms with van der Waals surface area (Å²) in [6.45, 7) is 4.93. The minimum absolute atomic E-state index is 0.0226. The highest BCUT2D eigenvalue weighted by atomic mass is 16.5. The number of anilines is 4. The van der Waals surface area contributed by atoms with Crippen LogP contribution in [0.4, 0.5) is 23.0 Å². The van der Waals surface area contributed by atoms with Crippen LogP contribution in [0.1, 0.15) is 30.1 Å². The van der Waals surface area contributed by atoms with Crippen molar-refractivity contribution < 1.29 is 14.3 Å². The van der Waals surface area contributed by atoms with Crippen molar-refractivity contribution in [3.05, 3.63) is 42.0 Å². The number of hydrogen-bond donors (Lipinski definition) is 2. The molecule has 1 aromatic carbocycles. The lowest BCUT2D eigenvalue weighted by molar-refractivity contribution is -0.119. The molecule has 1 fully saturated rings. The van der Waals surface area contributed by atoms with Gasteiger partial charge in [-0.2, -0.15) is 0 Å². The lowest BCUT2D eigenvalue weighted by atomic mass is 10.0. The Morgan fingerprint density at radius 3 is 2.68 bits per heavy atom. The number of nitrogens with one attached hydrogen (secondary N) is 2. The fourth-order valence-electron chi connectivity index (χ4n) is 4.50. The van der Waals surface area contributed by atoms with Crippen LogP contribution in [0.5, 0.6) is 0 Å². The Bertz CT molecular complexity index is 1040. The first-order valence-corrected chi connectivity index (χ1v) is 11.8. The van der Waals surface area contributed by atoms with Gasteiger partial charge < -0.3 is 30.1 Å². The van der Waals surface area contributed by atoms with E-state index in [-0.39, 0.29) is 23.9 Å². The maximum Gasteiger partial charge on any atom is 0.251 e. The molecule has 2 N–H and O–H groups in total. The second kappa shape index (κ2) is 10.4. The van der Waals surface area contributed by atoms with Crippen LogP contribution >= 0.6 is 0 Å². The molecule has 1 aromatic heterocycles. The maximum atomic E-state index is 12.8. The first-order valence-electron chi connectivity index (χ1n) is 11.8. The van der Waals surface area contributed by atoms with Gasteiger partial charge in [-0.15, -0.1) is 0 Å². The number of carbonyl (C=O) groups excluding carboxylic acids is 2. The number of amides is 2. The maximum absolute atomic E-state index is 12.8. The van der Waals surface area contributed by atoms with Crippen LogP contribution in [0, 0.1) is 0 Å². The number of benzene rings is 1. The summed E-state index contributed by atoms with van der Waals surface area (Å²) in [4.78, 5) is 36.2. The molecule has 182 valence electrons. The molecule has 2 aromatic rings. The molecule has 2 aliphatic heterocycles. The number of pyridine rings is 1. The van der Waals surface area contributed by atoms with Crippen molar-refractivity contribution in [1.82, 2.24) is 15.2 Å². The number of hydrogen-bond acceptors (Lipinski definition) is 7. The molecular weight excluding hydrogens is 432 g/mol. The van der Waals surface area contributed by atoms with Gasteiger partial charge in [0, 0.05) is 38.0 Å². The Balaban J connectivity index is 1.50. The number of aromatic nitrogens is 1. The van der Waals surface area contributed by atoms with Crippen LogP contribution in [0.3, 0.4) is 0 Å². The molecule has 0 unspecified atom stereocenters. The summed E-state index contributed by atoms with van der Waals surface area (Å²) in [5, 5.41) is 6.48. The van der Waals surface area contributed by atoms with E-state index in [2.05, 4.69) is 22.6 Å². The normalized spacial score (nSPS) is 19.2. The second-order valence-corrected chi connectivity index (χ2v) is 9.06. The van der Waals surface area contributed by atoms with Crippen LogP contribution in [0.25, 0.3) is 0 Å². The summed E-state index contributed by atoms with van der Waals surface area (Å²) in [6.07, 6.45) is 1.93. The molecule has 1 saturated heterocycles. The molecule has 9 nitrogen and oxygen atoms in total. The number of likely N-dealkylation sites (N-methyl/N-ethyl adjacent to an activating group) is 1. The molecule has 0 aliphatic carbocycles. The van der Waals surface area contributed by atoms with Crippen molar-refractivity contribution in [2.75, 3.05) is 62.6 Å². The summed E-state index contributed by atoms with van der Waals surface area (Å²) in [5.41, 5.74) is 2.15. The summed E-state index contributed by atoms with van der Waals surface area (Å²) < 4.78 is 5.24. The monoisotopic (exact) mass is 466 g/mol. The van der Waals surface area contributed by atoms with Gasteiger partial charge in [0.1, 0.15) is 11.9 Å². The topological polar surface area (TPSA) is 90.0 Å². The van der Waals surface area contributed by atoms with E-state index in [1.807, 2.05) is 48.2 Å². The molecule has 0 saturated carbocycles. The third-order valence-electron chi connectivity index (χ3n) is 6.63. The van der Waals surface area contributed by atoms with Crippen molar-refractivity contribution in [2.24, 2.45) is 0 Å². The molecule has 9 heteroatoms. The van der Waals surface area contributed by atoms with E-state index < -0.39 is 0 Å². The lowest BCUT2D eigenvalue weighted by Gasteiger charge is -2.39. The zero-order chi connectivity index (χ0) is 24.2. The van der Waals surface area contributed by atoms with Gasteiger partial charge in [-0.05, 0) is 70.2 Å². The zero-order valence-corrected chi connectivity index (χ0v) is 20.4. The number of rotatable bonds is 7. The smallest absolute Gasteiger partial charge is 0.251 e. The second-order valence-electron chi connectivity index (χ2n) is 9.06. The first-order chi connectivity index (χ1) is 16.4. The molecule has 2 aliphatic rings. The summed E-state index contributed by atoms with van der Waals surface area (Å²) in [5.74, 6) is 1.34. The minimum Gasteiger partial charge on any atom is -0.383 e. The standard InChI is InChI=1S/C25H34N6O3/c1-17-25(33)30(3)21-8-9-22(28-23(21)31(17)14-15-34-4)26-20-7-5-6-18(16-20)24(32)27-19-10-12-29(2)13-11-19/h5-9,16-17,19H,10-15H2,1-4H3,(H,26,28)(H,27,32)/t17-/m0/s1. The van der Waals surface area contributed by atoms with E-state index in [4.69, 9.17) is 9.72 Å². The fraction of sp³-hybridized carbons (Fsp3) is 0.480. The molecule has 0 spiro atoms. The van der Waals surface area contributed by atoms with Gasteiger partial charge in [-0.3, -0.25) is 9.59 Å². The first kappa shape index (κ1) is 24.0. The van der Waals surface area contributed by atoms with Crippen molar-refractivity contribution >= 4 is 34.8 Å². The predicted molar refractivity (Wildman–Crippen MR) is 134 cm³/mol. The SMILES string of the molecule is COCCN1c2nc(Nc3cccc(C(=O)NC4CCN(C)CC4)c3)ccc2N(C)C(=O)[C@@H]1C. The number of fused-ring (bicyclic) bond motifs is 1. The molecule has 0 bridgehead atoms. The molecule has 3 heterocycles. The van der Waals surface area contributed by atoms with Crippen LogP contribution < -0.4 is 20.4 Å². The number of ether oxygens (including phenoxy) is 1. The highest BCUT2D eigenvalue weighted by Crippen LogP contribution is 2.35.